The molecule has 0 aromatic rings. The molecule has 0 aliphatic heterocycles. The van der Waals surface area contributed by atoms with E-state index in [9.17, 15) is 18.5 Å². The molecule has 0 saturated heterocycles. The molecule has 1 amide bonds. The van der Waals surface area contributed by atoms with Crippen molar-refractivity contribution in [2.75, 3.05) is 0 Å². The molecule has 0 aromatic carbocycles. The summed E-state index contributed by atoms with van der Waals surface area (Å²) in [5, 5.41) is 9.38. The van der Waals surface area contributed by atoms with E-state index in [0.29, 0.717) is 12.8 Å². The van der Waals surface area contributed by atoms with E-state index in [0.717, 1.165) is 32.1 Å². The Morgan fingerprint density at radius 2 is 1.71 bits per heavy atom. The third-order valence-electron chi connectivity index (χ3n) is 3.31. The third-order valence-corrected chi connectivity index (χ3v) is 4.41. The van der Waals surface area contributed by atoms with Crippen molar-refractivity contribution in [1.29, 1.82) is 5.26 Å². The molecular formula is C13H23N3O4S. The average Bonchev–Trinajstić information content (AvgIpc) is 2.30. The number of carbonyl (C=O) groups excluding carboxylic acids is 1. The van der Waals surface area contributed by atoms with Crippen LogP contribution in [0.5, 0.6) is 0 Å². The summed E-state index contributed by atoms with van der Waals surface area (Å²) in [5.41, 5.74) is -1.15. The lowest BCUT2D eigenvalue weighted by Crippen LogP contribution is -2.53. The van der Waals surface area contributed by atoms with Crippen LogP contribution in [0.3, 0.4) is 0 Å². The minimum atomic E-state index is -4.12. The number of nitriles is 1. The van der Waals surface area contributed by atoms with Gasteiger partial charge in [0.15, 0.2) is 0 Å². The summed E-state index contributed by atoms with van der Waals surface area (Å²) in [7, 11) is -4.12. The Labute approximate surface area is 126 Å². The van der Waals surface area contributed by atoms with E-state index in [4.69, 9.17) is 4.74 Å². The Balaban J connectivity index is 2.73. The second-order valence-corrected chi connectivity index (χ2v) is 7.04. The number of amides is 1. The van der Waals surface area contributed by atoms with Gasteiger partial charge in [-0.3, -0.25) is 0 Å². The fourth-order valence-corrected chi connectivity index (χ4v) is 3.46. The first-order valence-corrected chi connectivity index (χ1v) is 8.70. The van der Waals surface area contributed by atoms with Gasteiger partial charge in [-0.25, -0.2) is 9.52 Å². The summed E-state index contributed by atoms with van der Waals surface area (Å²) >= 11 is 0. The van der Waals surface area contributed by atoms with Crippen molar-refractivity contribution in [3.8, 4) is 6.07 Å². The normalized spacial score (nSPS) is 19.1. The Bertz CT molecular complexity index is 488. The largest absolute Gasteiger partial charge is 0.446 e. The molecule has 21 heavy (non-hydrogen) atoms. The molecule has 1 rings (SSSR count). The highest BCUT2D eigenvalue weighted by Gasteiger charge is 2.35. The van der Waals surface area contributed by atoms with Crippen LogP contribution in [0, 0.1) is 11.3 Å². The molecule has 0 heterocycles. The molecule has 8 heteroatoms. The first-order chi connectivity index (χ1) is 9.79. The zero-order chi connectivity index (χ0) is 15.9. The Hall–Kier alpha value is -1.33. The van der Waals surface area contributed by atoms with Crippen LogP contribution < -0.4 is 9.44 Å². The van der Waals surface area contributed by atoms with Crippen LogP contribution in [0.2, 0.25) is 0 Å². The lowest BCUT2D eigenvalue weighted by Gasteiger charge is -2.29. The second kappa shape index (κ2) is 7.61. The number of hydrogen-bond donors (Lipinski definition) is 2. The third kappa shape index (κ3) is 6.31. The minimum absolute atomic E-state index is 0.425. The molecule has 0 radical (unpaired) electrons. The zero-order valence-electron chi connectivity index (χ0n) is 12.5. The predicted octanol–water partition coefficient (Wildman–Crippen LogP) is 1.96. The molecule has 120 valence electrons. The van der Waals surface area contributed by atoms with Gasteiger partial charge in [0.2, 0.25) is 0 Å². The van der Waals surface area contributed by atoms with Crippen LogP contribution in [0.25, 0.3) is 0 Å². The van der Waals surface area contributed by atoms with Crippen molar-refractivity contribution in [1.82, 2.24) is 9.44 Å². The highest BCUT2D eigenvalue weighted by molar-refractivity contribution is 7.88. The monoisotopic (exact) mass is 317 g/mol. The van der Waals surface area contributed by atoms with Gasteiger partial charge >= 0.3 is 16.3 Å². The molecule has 0 spiro atoms. The smallest absolute Gasteiger partial charge is 0.422 e. The molecule has 0 atom stereocenters. The molecule has 0 bridgehead atoms. The Morgan fingerprint density at radius 1 is 1.19 bits per heavy atom. The van der Waals surface area contributed by atoms with Gasteiger partial charge in [-0.1, -0.05) is 32.1 Å². The van der Waals surface area contributed by atoms with Crippen LogP contribution in [0.15, 0.2) is 0 Å². The summed E-state index contributed by atoms with van der Waals surface area (Å²) in [6.45, 7) is 3.23. The van der Waals surface area contributed by atoms with E-state index in [-0.39, 0.29) is 0 Å². The SMILES string of the molecule is CC(C)OC(=O)NS(=O)(=O)NC1(C#N)CCCCCCC1. The summed E-state index contributed by atoms with van der Waals surface area (Å²) in [4.78, 5) is 11.4. The Kier molecular flexibility index (Phi) is 6.42. The molecule has 1 aliphatic carbocycles. The second-order valence-electron chi connectivity index (χ2n) is 5.62. The zero-order valence-corrected chi connectivity index (χ0v) is 13.3. The first kappa shape index (κ1) is 17.7. The van der Waals surface area contributed by atoms with Gasteiger partial charge in [-0.15, -0.1) is 0 Å². The van der Waals surface area contributed by atoms with Gasteiger partial charge in [0.25, 0.3) is 0 Å². The van der Waals surface area contributed by atoms with Crippen molar-refractivity contribution in [3.63, 3.8) is 0 Å². The summed E-state index contributed by atoms with van der Waals surface area (Å²) in [6, 6.07) is 2.07. The van der Waals surface area contributed by atoms with Crippen LogP contribution in [-0.4, -0.2) is 26.2 Å². The van der Waals surface area contributed by atoms with E-state index in [2.05, 4.69) is 10.8 Å². The summed E-state index contributed by atoms with van der Waals surface area (Å²) in [5.74, 6) is 0. The van der Waals surface area contributed by atoms with Gasteiger partial charge in [-0.05, 0) is 26.7 Å². The average molecular weight is 317 g/mol. The van der Waals surface area contributed by atoms with Crippen molar-refractivity contribution in [3.05, 3.63) is 0 Å². The summed E-state index contributed by atoms with van der Waals surface area (Å²) in [6.07, 6.45) is 4.06. The maximum atomic E-state index is 12.0. The van der Waals surface area contributed by atoms with Crippen LogP contribution in [-0.2, 0) is 14.9 Å². The van der Waals surface area contributed by atoms with Gasteiger partial charge in [0.1, 0.15) is 5.54 Å². The van der Waals surface area contributed by atoms with E-state index in [1.807, 2.05) is 0 Å². The van der Waals surface area contributed by atoms with Crippen LogP contribution >= 0.6 is 0 Å². The highest BCUT2D eigenvalue weighted by Crippen LogP contribution is 2.26. The van der Waals surface area contributed by atoms with Crippen molar-refractivity contribution in [2.45, 2.75) is 70.4 Å². The number of ether oxygens (including phenoxy) is 1. The lowest BCUT2D eigenvalue weighted by atomic mass is 9.86. The highest BCUT2D eigenvalue weighted by atomic mass is 32.2. The number of nitrogens with one attached hydrogen (secondary N) is 2. The Morgan fingerprint density at radius 3 is 2.19 bits per heavy atom. The van der Waals surface area contributed by atoms with Crippen molar-refractivity contribution >= 4 is 16.3 Å². The summed E-state index contributed by atoms with van der Waals surface area (Å²) < 4.78 is 32.8. The number of rotatable bonds is 4. The maximum Gasteiger partial charge on any atom is 0.422 e. The molecule has 0 unspecified atom stereocenters. The fraction of sp³-hybridized carbons (Fsp3) is 0.846. The molecule has 1 fully saturated rings. The molecule has 2 N–H and O–H groups in total. The van der Waals surface area contributed by atoms with Crippen molar-refractivity contribution in [2.24, 2.45) is 0 Å². The van der Waals surface area contributed by atoms with Gasteiger partial charge in [0, 0.05) is 0 Å². The van der Waals surface area contributed by atoms with Crippen LogP contribution in [0.4, 0.5) is 4.79 Å². The number of carbonyl (C=O) groups is 1. The number of nitrogens with zero attached hydrogens (tertiary/aromatic N) is 1. The molecule has 1 aliphatic rings. The molecule has 7 nitrogen and oxygen atoms in total. The van der Waals surface area contributed by atoms with Gasteiger partial charge in [0.05, 0.1) is 12.2 Å². The van der Waals surface area contributed by atoms with Crippen molar-refractivity contribution < 1.29 is 17.9 Å². The molecule has 0 aromatic heterocycles. The van der Waals surface area contributed by atoms with E-state index < -0.39 is 27.9 Å². The predicted molar refractivity (Wildman–Crippen MR) is 77.5 cm³/mol. The first-order valence-electron chi connectivity index (χ1n) is 7.22. The topological polar surface area (TPSA) is 108 Å². The van der Waals surface area contributed by atoms with E-state index in [1.54, 1.807) is 18.6 Å². The van der Waals surface area contributed by atoms with Gasteiger partial charge < -0.3 is 4.74 Å². The van der Waals surface area contributed by atoms with Gasteiger partial charge in [-0.2, -0.15) is 18.4 Å². The number of hydrogen-bond acceptors (Lipinski definition) is 5. The standard InChI is InChI=1S/C13H23N3O4S/c1-11(2)20-12(17)15-21(18,19)16-13(10-14)8-6-4-3-5-7-9-13/h11,16H,3-9H2,1-2H3,(H,15,17). The quantitative estimate of drug-likeness (QED) is 0.824. The van der Waals surface area contributed by atoms with E-state index in [1.165, 1.54) is 0 Å². The van der Waals surface area contributed by atoms with E-state index >= 15 is 0 Å². The molecular weight excluding hydrogens is 294 g/mol. The minimum Gasteiger partial charge on any atom is -0.446 e. The van der Waals surface area contributed by atoms with Crippen LogP contribution in [0.1, 0.15) is 58.8 Å². The maximum absolute atomic E-state index is 12.0. The molecule has 1 saturated carbocycles. The lowest BCUT2D eigenvalue weighted by molar-refractivity contribution is 0.121. The fourth-order valence-electron chi connectivity index (χ4n) is 2.38.